The highest BCUT2D eigenvalue weighted by Crippen LogP contribution is 2.20. The molecule has 1 aromatic carbocycles. The highest BCUT2D eigenvalue weighted by Gasteiger charge is 2.04. The van der Waals surface area contributed by atoms with Crippen LogP contribution in [-0.4, -0.2) is 5.16 Å². The van der Waals surface area contributed by atoms with E-state index in [1.54, 1.807) is 6.92 Å². The van der Waals surface area contributed by atoms with Gasteiger partial charge in [-0.25, -0.2) is 0 Å². The van der Waals surface area contributed by atoms with E-state index < -0.39 is 0 Å². The van der Waals surface area contributed by atoms with Gasteiger partial charge in [0.15, 0.2) is 0 Å². The van der Waals surface area contributed by atoms with Crippen LogP contribution in [0.4, 0.5) is 0 Å². The van der Waals surface area contributed by atoms with Crippen LogP contribution in [0.1, 0.15) is 16.8 Å². The number of benzene rings is 1. The molecule has 0 amide bonds. The summed E-state index contributed by atoms with van der Waals surface area (Å²) in [5.74, 6) is -0.327. The van der Waals surface area contributed by atoms with Gasteiger partial charge in [-0.1, -0.05) is 30.3 Å². The summed E-state index contributed by atoms with van der Waals surface area (Å²) in [5.41, 5.74) is 2.42. The molecule has 0 bridgehead atoms. The first-order valence-electron chi connectivity index (χ1n) is 4.43. The number of aryl methyl sites for hydroxylation is 1. The maximum Gasteiger partial charge on any atom is 0.0806 e. The van der Waals surface area contributed by atoms with Gasteiger partial charge >= 0.3 is 0 Å². The Bertz CT molecular complexity index is 401. The summed E-state index contributed by atoms with van der Waals surface area (Å²) in [7, 11) is 0. The normalized spacial score (nSPS) is 10.4. The summed E-state index contributed by atoms with van der Waals surface area (Å²) < 4.78 is 4.56. The van der Waals surface area contributed by atoms with Crippen LogP contribution in [0.25, 0.3) is 0 Å². The van der Waals surface area contributed by atoms with Crippen LogP contribution < -0.4 is 5.11 Å². The van der Waals surface area contributed by atoms with E-state index in [9.17, 15) is 5.11 Å². The highest BCUT2D eigenvalue weighted by molar-refractivity contribution is 5.31. The molecule has 2 aromatic rings. The molecule has 0 saturated heterocycles. The maximum atomic E-state index is 11.2. The minimum Gasteiger partial charge on any atom is -0.544 e. The second-order valence-corrected chi connectivity index (χ2v) is 3.20. The molecule has 0 radical (unpaired) electrons. The average molecular weight is 188 g/mol. The predicted molar refractivity (Wildman–Crippen MR) is 49.9 cm³/mol. The molecule has 14 heavy (non-hydrogen) atoms. The molecule has 0 aliphatic rings. The number of nitrogens with zero attached hydrogens (tertiary/aromatic N) is 1. The average Bonchev–Trinajstić information content (AvgIpc) is 2.51. The van der Waals surface area contributed by atoms with E-state index in [1.807, 2.05) is 30.3 Å². The molecule has 1 heterocycles. The van der Waals surface area contributed by atoms with Gasteiger partial charge in [0.1, 0.15) is 0 Å². The fourth-order valence-corrected chi connectivity index (χ4v) is 1.37. The van der Waals surface area contributed by atoms with Gasteiger partial charge in [0.05, 0.1) is 11.6 Å². The maximum absolute atomic E-state index is 11.2. The lowest BCUT2D eigenvalue weighted by Gasteiger charge is -2.02. The smallest absolute Gasteiger partial charge is 0.0806 e. The summed E-state index contributed by atoms with van der Waals surface area (Å²) in [6, 6.07) is 9.80. The summed E-state index contributed by atoms with van der Waals surface area (Å²) in [6.45, 7) is 1.78. The zero-order valence-electron chi connectivity index (χ0n) is 7.86. The number of rotatable bonds is 2. The third-order valence-electron chi connectivity index (χ3n) is 2.17. The Morgan fingerprint density at radius 2 is 2.00 bits per heavy atom. The fourth-order valence-electron chi connectivity index (χ4n) is 1.37. The zero-order valence-corrected chi connectivity index (χ0v) is 7.86. The molecule has 0 aliphatic heterocycles. The van der Waals surface area contributed by atoms with Crippen molar-refractivity contribution in [3.05, 3.63) is 47.2 Å². The summed E-state index contributed by atoms with van der Waals surface area (Å²) in [6.07, 6.45) is 0.592. The van der Waals surface area contributed by atoms with Crippen LogP contribution in [0.15, 0.2) is 34.9 Å². The van der Waals surface area contributed by atoms with E-state index in [1.165, 1.54) is 0 Å². The second kappa shape index (κ2) is 3.54. The summed E-state index contributed by atoms with van der Waals surface area (Å²) >= 11 is 0. The Kier molecular flexibility index (Phi) is 2.23. The van der Waals surface area contributed by atoms with Crippen molar-refractivity contribution < 1.29 is 9.63 Å². The predicted octanol–water partition coefficient (Wildman–Crippen LogP) is 1.65. The monoisotopic (exact) mass is 188 g/mol. The van der Waals surface area contributed by atoms with Gasteiger partial charge < -0.3 is 9.63 Å². The molecule has 0 fully saturated rings. The lowest BCUT2D eigenvalue weighted by Crippen LogP contribution is -1.95. The first-order valence-corrected chi connectivity index (χ1v) is 4.43. The molecule has 0 spiro atoms. The van der Waals surface area contributed by atoms with Crippen LogP contribution >= 0.6 is 0 Å². The molecule has 0 N–H and O–H groups in total. The van der Waals surface area contributed by atoms with Crippen molar-refractivity contribution >= 4 is 0 Å². The fraction of sp³-hybridized carbons (Fsp3) is 0.182. The Labute approximate surface area is 82.0 Å². The van der Waals surface area contributed by atoms with E-state index >= 15 is 0 Å². The Morgan fingerprint density at radius 1 is 1.29 bits per heavy atom. The van der Waals surface area contributed by atoms with Gasteiger partial charge in [0, 0.05) is 12.0 Å². The molecule has 0 aliphatic carbocycles. The van der Waals surface area contributed by atoms with Crippen molar-refractivity contribution in [3.63, 3.8) is 0 Å². The molecular formula is C11H10NO2-. The molecule has 1 aromatic heterocycles. The van der Waals surface area contributed by atoms with Crippen molar-refractivity contribution in [2.75, 3.05) is 0 Å². The largest absolute Gasteiger partial charge is 0.544 e. The van der Waals surface area contributed by atoms with Crippen LogP contribution in [-0.2, 0) is 6.42 Å². The van der Waals surface area contributed by atoms with E-state index in [0.717, 1.165) is 5.56 Å². The first kappa shape index (κ1) is 8.81. The highest BCUT2D eigenvalue weighted by atomic mass is 16.5. The van der Waals surface area contributed by atoms with Gasteiger partial charge in [-0.05, 0) is 12.5 Å². The molecule has 3 nitrogen and oxygen atoms in total. The van der Waals surface area contributed by atoms with Crippen molar-refractivity contribution in [2.24, 2.45) is 0 Å². The van der Waals surface area contributed by atoms with E-state index in [-0.39, 0.29) is 5.95 Å². The summed E-state index contributed by atoms with van der Waals surface area (Å²) in [5, 5.41) is 14.8. The molecule has 2 rings (SSSR count). The van der Waals surface area contributed by atoms with Crippen molar-refractivity contribution in [2.45, 2.75) is 13.3 Å². The van der Waals surface area contributed by atoms with Crippen molar-refractivity contribution in [3.8, 4) is 5.95 Å². The molecule has 0 atom stereocenters. The van der Waals surface area contributed by atoms with Crippen LogP contribution in [0, 0.1) is 6.92 Å². The molecule has 0 saturated carbocycles. The number of hydrogen-bond donors (Lipinski definition) is 0. The van der Waals surface area contributed by atoms with E-state index in [4.69, 9.17) is 0 Å². The minimum absolute atomic E-state index is 0.327. The van der Waals surface area contributed by atoms with E-state index in [0.29, 0.717) is 17.7 Å². The van der Waals surface area contributed by atoms with Crippen LogP contribution in [0.5, 0.6) is 5.95 Å². The lowest BCUT2D eigenvalue weighted by atomic mass is 10.1. The van der Waals surface area contributed by atoms with Gasteiger partial charge in [-0.15, -0.1) is 0 Å². The Hall–Kier alpha value is -1.77. The Balaban J connectivity index is 2.27. The topological polar surface area (TPSA) is 49.1 Å². The lowest BCUT2D eigenvalue weighted by molar-refractivity contribution is -0.298. The number of aromatic nitrogens is 1. The summed E-state index contributed by atoms with van der Waals surface area (Å²) in [4.78, 5) is 0. The molecule has 3 heteroatoms. The van der Waals surface area contributed by atoms with E-state index in [2.05, 4.69) is 9.68 Å². The third kappa shape index (κ3) is 1.62. The zero-order chi connectivity index (χ0) is 9.97. The minimum atomic E-state index is -0.327. The van der Waals surface area contributed by atoms with Gasteiger partial charge in [-0.2, -0.15) is 5.16 Å². The quantitative estimate of drug-likeness (QED) is 0.719. The van der Waals surface area contributed by atoms with Crippen molar-refractivity contribution in [1.29, 1.82) is 0 Å². The molecule has 72 valence electrons. The van der Waals surface area contributed by atoms with Crippen molar-refractivity contribution in [1.82, 2.24) is 5.16 Å². The Morgan fingerprint density at radius 3 is 2.57 bits per heavy atom. The first-order chi connectivity index (χ1) is 6.77. The SMILES string of the molecule is Cc1noc([O-])c1Cc1ccccc1. The van der Waals surface area contributed by atoms with Gasteiger partial charge in [0.2, 0.25) is 0 Å². The van der Waals surface area contributed by atoms with Gasteiger partial charge in [0.25, 0.3) is 0 Å². The van der Waals surface area contributed by atoms with Crippen LogP contribution in [0.3, 0.4) is 0 Å². The molecular weight excluding hydrogens is 178 g/mol. The number of hydrogen-bond acceptors (Lipinski definition) is 3. The molecule has 0 unspecified atom stereocenters. The third-order valence-corrected chi connectivity index (χ3v) is 2.17. The second-order valence-electron chi connectivity index (χ2n) is 3.20. The van der Waals surface area contributed by atoms with Crippen LogP contribution in [0.2, 0.25) is 0 Å². The standard InChI is InChI=1S/C11H11NO2/c1-8-10(11(13)14-12-8)7-9-5-3-2-4-6-9/h2-6,13H,7H2,1H3/p-1. The van der Waals surface area contributed by atoms with Gasteiger partial charge in [-0.3, -0.25) is 0 Å².